The van der Waals surface area contributed by atoms with Gasteiger partial charge in [-0.3, -0.25) is 4.79 Å². The molecule has 0 fully saturated rings. The van der Waals surface area contributed by atoms with Crippen LogP contribution in [0.3, 0.4) is 0 Å². The summed E-state index contributed by atoms with van der Waals surface area (Å²) in [6, 6.07) is 0. The fraction of sp³-hybridized carbons (Fsp3) is 0.667. The summed E-state index contributed by atoms with van der Waals surface area (Å²) in [5.41, 5.74) is 0. The molecule has 0 aromatic heterocycles. The summed E-state index contributed by atoms with van der Waals surface area (Å²) in [6.07, 6.45) is 0. The van der Waals surface area contributed by atoms with Gasteiger partial charge in [0.05, 0.1) is 11.8 Å². The molecular formula is C3H6Cl3NaO. The minimum atomic E-state index is -0.127. The van der Waals surface area contributed by atoms with Crippen molar-refractivity contribution in [3.05, 3.63) is 0 Å². The standard InChI is InChI=1S/C3H4Cl2O.ClH.Na.H/c4-1-3(6)2-5;;;/h1-2H2;1H;;. The van der Waals surface area contributed by atoms with Crippen molar-refractivity contribution in [1.82, 2.24) is 0 Å². The van der Waals surface area contributed by atoms with Crippen LogP contribution in [0.25, 0.3) is 0 Å². The first-order valence-corrected chi connectivity index (χ1v) is 2.51. The van der Waals surface area contributed by atoms with Crippen molar-refractivity contribution < 1.29 is 4.79 Å². The van der Waals surface area contributed by atoms with E-state index in [0.717, 1.165) is 0 Å². The van der Waals surface area contributed by atoms with Crippen LogP contribution < -0.4 is 0 Å². The van der Waals surface area contributed by atoms with E-state index in [2.05, 4.69) is 0 Å². The molecule has 0 bridgehead atoms. The molecule has 8 heavy (non-hydrogen) atoms. The Labute approximate surface area is 86.8 Å². The molecule has 0 saturated heterocycles. The predicted molar refractivity (Wildman–Crippen MR) is 40.8 cm³/mol. The van der Waals surface area contributed by atoms with Crippen LogP contribution in [0, 0.1) is 0 Å². The van der Waals surface area contributed by atoms with E-state index in [0.29, 0.717) is 0 Å². The second-order valence-corrected chi connectivity index (χ2v) is 1.34. The zero-order valence-electron chi connectivity index (χ0n) is 3.49. The molecule has 0 amide bonds. The Morgan fingerprint density at radius 3 is 1.50 bits per heavy atom. The molecule has 5 heteroatoms. The van der Waals surface area contributed by atoms with E-state index in [1.807, 2.05) is 0 Å². The average molecular weight is 187 g/mol. The van der Waals surface area contributed by atoms with Crippen LogP contribution in [0.15, 0.2) is 0 Å². The quantitative estimate of drug-likeness (QED) is 0.462. The topological polar surface area (TPSA) is 17.1 Å². The number of carbonyl (C=O) groups excluding carboxylic acids is 1. The van der Waals surface area contributed by atoms with Crippen molar-refractivity contribution in [1.29, 1.82) is 0 Å². The Kier molecular flexibility index (Phi) is 23.1. The Morgan fingerprint density at radius 2 is 1.50 bits per heavy atom. The van der Waals surface area contributed by atoms with Crippen molar-refractivity contribution >= 4 is 70.9 Å². The second kappa shape index (κ2) is 11.4. The Bertz CT molecular complexity index is 52.5. The van der Waals surface area contributed by atoms with Gasteiger partial charge in [0.2, 0.25) is 0 Å². The van der Waals surface area contributed by atoms with Gasteiger partial charge < -0.3 is 0 Å². The van der Waals surface area contributed by atoms with E-state index in [1.54, 1.807) is 0 Å². The van der Waals surface area contributed by atoms with Gasteiger partial charge in [-0.2, -0.15) is 0 Å². The van der Waals surface area contributed by atoms with Gasteiger partial charge in [-0.15, -0.1) is 35.6 Å². The SMILES string of the molecule is Cl.O=C(CCl)CCl.[NaH]. The zero-order chi connectivity index (χ0) is 4.99. The van der Waals surface area contributed by atoms with E-state index in [4.69, 9.17) is 23.2 Å². The summed E-state index contributed by atoms with van der Waals surface area (Å²) in [7, 11) is 0. The third-order valence-electron chi connectivity index (χ3n) is 0.298. The fourth-order valence-corrected chi connectivity index (χ4v) is 0.321. The molecule has 0 aromatic rings. The van der Waals surface area contributed by atoms with Crippen LogP contribution in [0.1, 0.15) is 0 Å². The van der Waals surface area contributed by atoms with Gasteiger partial charge in [0.15, 0.2) is 5.78 Å². The third-order valence-corrected chi connectivity index (χ3v) is 0.894. The van der Waals surface area contributed by atoms with Gasteiger partial charge in [-0.05, 0) is 0 Å². The van der Waals surface area contributed by atoms with Crippen molar-refractivity contribution in [2.24, 2.45) is 0 Å². The minimum absolute atomic E-state index is 0. The first-order valence-electron chi connectivity index (χ1n) is 1.45. The molecule has 0 atom stereocenters. The first-order chi connectivity index (χ1) is 2.81. The summed E-state index contributed by atoms with van der Waals surface area (Å²) in [6.45, 7) is 0. The van der Waals surface area contributed by atoms with Crippen LogP contribution >= 0.6 is 35.6 Å². The first kappa shape index (κ1) is 16.3. The van der Waals surface area contributed by atoms with Crippen LogP contribution in [0.5, 0.6) is 0 Å². The molecule has 0 aliphatic carbocycles. The molecule has 0 aromatic carbocycles. The molecule has 0 aliphatic heterocycles. The second-order valence-electron chi connectivity index (χ2n) is 0.806. The molecule has 0 aliphatic rings. The summed E-state index contributed by atoms with van der Waals surface area (Å²) in [4.78, 5) is 9.92. The molecule has 0 radical (unpaired) electrons. The number of hydrogen-bond acceptors (Lipinski definition) is 1. The number of Topliss-reactive ketones (excluding diaryl/α,β-unsaturated/α-hetero) is 1. The predicted octanol–water partition coefficient (Wildman–Crippen LogP) is 0.806. The molecule has 1 nitrogen and oxygen atoms in total. The van der Waals surface area contributed by atoms with Gasteiger partial charge in [0, 0.05) is 0 Å². The van der Waals surface area contributed by atoms with Gasteiger partial charge in [-0.25, -0.2) is 0 Å². The van der Waals surface area contributed by atoms with E-state index in [-0.39, 0.29) is 59.5 Å². The number of alkyl halides is 2. The maximum atomic E-state index is 9.92. The monoisotopic (exact) mass is 186 g/mol. The number of hydrogen-bond donors (Lipinski definition) is 0. The Hall–Kier alpha value is 1.54. The van der Waals surface area contributed by atoms with Gasteiger partial charge >= 0.3 is 29.6 Å². The Morgan fingerprint density at radius 1 is 1.25 bits per heavy atom. The number of ketones is 1. The average Bonchev–Trinajstić information content (AvgIpc) is 1.65. The van der Waals surface area contributed by atoms with Crippen molar-refractivity contribution in [2.75, 3.05) is 11.8 Å². The van der Waals surface area contributed by atoms with E-state index in [1.165, 1.54) is 0 Å². The van der Waals surface area contributed by atoms with Crippen molar-refractivity contribution in [2.45, 2.75) is 0 Å². The van der Waals surface area contributed by atoms with Crippen molar-refractivity contribution in [3.63, 3.8) is 0 Å². The molecule has 0 saturated carbocycles. The summed E-state index contributed by atoms with van der Waals surface area (Å²) in [5.74, 6) is -0.0640. The van der Waals surface area contributed by atoms with Crippen LogP contribution in [0.4, 0.5) is 0 Å². The summed E-state index contributed by atoms with van der Waals surface area (Å²) < 4.78 is 0. The molecule has 0 rings (SSSR count). The molecule has 0 unspecified atom stereocenters. The zero-order valence-corrected chi connectivity index (χ0v) is 5.81. The van der Waals surface area contributed by atoms with Crippen LogP contribution in [-0.2, 0) is 4.79 Å². The molecular weight excluding hydrogens is 181 g/mol. The van der Waals surface area contributed by atoms with E-state index >= 15 is 0 Å². The van der Waals surface area contributed by atoms with Crippen LogP contribution in [0.2, 0.25) is 0 Å². The Balaban J connectivity index is -0.000000125. The number of halogens is 3. The number of rotatable bonds is 2. The van der Waals surface area contributed by atoms with Gasteiger partial charge in [0.1, 0.15) is 0 Å². The van der Waals surface area contributed by atoms with Crippen molar-refractivity contribution in [3.8, 4) is 0 Å². The summed E-state index contributed by atoms with van der Waals surface area (Å²) >= 11 is 10.0. The molecule has 0 heterocycles. The third kappa shape index (κ3) is 10.5. The molecule has 0 spiro atoms. The fourth-order valence-electron chi connectivity index (χ4n) is 0.0357. The molecule has 46 valence electrons. The maximum absolute atomic E-state index is 9.92. The molecule has 0 N–H and O–H groups in total. The van der Waals surface area contributed by atoms with E-state index in [9.17, 15) is 4.79 Å². The summed E-state index contributed by atoms with van der Waals surface area (Å²) in [5, 5.41) is 0. The normalized spacial score (nSPS) is 6.25. The van der Waals surface area contributed by atoms with Crippen LogP contribution in [-0.4, -0.2) is 47.1 Å². The van der Waals surface area contributed by atoms with E-state index < -0.39 is 0 Å². The number of carbonyl (C=O) groups is 1. The van der Waals surface area contributed by atoms with Gasteiger partial charge in [0.25, 0.3) is 0 Å². The van der Waals surface area contributed by atoms with Gasteiger partial charge in [-0.1, -0.05) is 0 Å².